The molecule has 33 heavy (non-hydrogen) atoms. The molecule has 11 nitrogen and oxygen atoms in total. The summed E-state index contributed by atoms with van der Waals surface area (Å²) in [4.78, 5) is 10.1. The molecule has 0 aromatic heterocycles. The first-order valence-electron chi connectivity index (χ1n) is 9.35. The zero-order valence-electron chi connectivity index (χ0n) is 17.6. The van der Waals surface area contributed by atoms with Gasteiger partial charge in [0.25, 0.3) is 15.7 Å². The second-order valence-electron chi connectivity index (χ2n) is 6.54. The van der Waals surface area contributed by atoms with Crippen LogP contribution in [-0.4, -0.2) is 38.9 Å². The summed E-state index contributed by atoms with van der Waals surface area (Å²) >= 11 is 0. The van der Waals surface area contributed by atoms with Crippen LogP contribution >= 0.6 is 0 Å². The van der Waals surface area contributed by atoms with Crippen LogP contribution in [-0.2, 0) is 10.0 Å². The Morgan fingerprint density at radius 1 is 1.06 bits per heavy atom. The highest BCUT2D eigenvalue weighted by Gasteiger charge is 2.23. The van der Waals surface area contributed by atoms with Crippen molar-refractivity contribution in [3.8, 4) is 17.2 Å². The van der Waals surface area contributed by atoms with E-state index in [9.17, 15) is 23.6 Å². The lowest BCUT2D eigenvalue weighted by atomic mass is 10.2. The van der Waals surface area contributed by atoms with Gasteiger partial charge in [0.1, 0.15) is 10.6 Å². The molecule has 0 radical (unpaired) electrons. The predicted molar refractivity (Wildman–Crippen MR) is 123 cm³/mol. The van der Waals surface area contributed by atoms with E-state index >= 15 is 0 Å². The molecule has 0 bridgehead atoms. The Labute approximate surface area is 189 Å². The highest BCUT2D eigenvalue weighted by atomic mass is 32.2. The van der Waals surface area contributed by atoms with E-state index in [1.807, 2.05) is 0 Å². The lowest BCUT2D eigenvalue weighted by Crippen LogP contribution is -2.15. The number of nitro benzene ring substituents is 1. The van der Waals surface area contributed by atoms with Gasteiger partial charge in [-0.05, 0) is 42.5 Å². The molecule has 0 atom stereocenters. The van der Waals surface area contributed by atoms with Crippen molar-refractivity contribution in [3.63, 3.8) is 0 Å². The summed E-state index contributed by atoms with van der Waals surface area (Å²) in [6.07, 6.45) is 1.26. The highest BCUT2D eigenvalue weighted by molar-refractivity contribution is 7.92. The molecule has 0 saturated heterocycles. The minimum Gasteiger partial charge on any atom is -0.504 e. The number of aromatic hydroxyl groups is 1. The van der Waals surface area contributed by atoms with Crippen molar-refractivity contribution in [1.82, 2.24) is 0 Å². The van der Waals surface area contributed by atoms with Crippen molar-refractivity contribution in [2.75, 3.05) is 24.4 Å². The smallest absolute Gasteiger partial charge is 0.270 e. The number of methoxy groups -OCH3 is 2. The van der Waals surface area contributed by atoms with Gasteiger partial charge in [-0.15, -0.1) is 0 Å². The maximum atomic E-state index is 13.0. The highest BCUT2D eigenvalue weighted by Crippen LogP contribution is 2.30. The number of anilines is 2. The third kappa shape index (κ3) is 5.49. The van der Waals surface area contributed by atoms with E-state index < -0.39 is 20.6 Å². The van der Waals surface area contributed by atoms with Crippen molar-refractivity contribution in [1.29, 1.82) is 0 Å². The number of para-hydroxylation sites is 1. The van der Waals surface area contributed by atoms with Crippen LogP contribution in [0.1, 0.15) is 5.56 Å². The van der Waals surface area contributed by atoms with Gasteiger partial charge in [-0.2, -0.15) is 5.10 Å². The molecule has 0 aliphatic rings. The monoisotopic (exact) mass is 472 g/mol. The van der Waals surface area contributed by atoms with Gasteiger partial charge in [0.2, 0.25) is 0 Å². The third-order valence-electron chi connectivity index (χ3n) is 4.45. The number of nitrogens with one attached hydrogen (secondary N) is 2. The summed E-state index contributed by atoms with van der Waals surface area (Å²) in [5.41, 5.74) is 2.68. The van der Waals surface area contributed by atoms with E-state index in [4.69, 9.17) is 9.47 Å². The Bertz CT molecular complexity index is 1290. The van der Waals surface area contributed by atoms with Gasteiger partial charge in [-0.1, -0.05) is 6.07 Å². The van der Waals surface area contributed by atoms with Gasteiger partial charge in [0, 0.05) is 23.4 Å². The molecule has 3 aromatic rings. The van der Waals surface area contributed by atoms with Crippen LogP contribution in [0.15, 0.2) is 70.7 Å². The summed E-state index contributed by atoms with van der Waals surface area (Å²) in [6, 6.07) is 14.2. The number of hydrogen-bond acceptors (Lipinski definition) is 9. The second kappa shape index (κ2) is 9.87. The maximum Gasteiger partial charge on any atom is 0.270 e. The first-order chi connectivity index (χ1) is 15.7. The zero-order valence-corrected chi connectivity index (χ0v) is 18.4. The van der Waals surface area contributed by atoms with Crippen molar-refractivity contribution in [3.05, 3.63) is 76.3 Å². The van der Waals surface area contributed by atoms with Crippen molar-refractivity contribution in [2.45, 2.75) is 4.90 Å². The van der Waals surface area contributed by atoms with Crippen LogP contribution < -0.4 is 19.6 Å². The largest absolute Gasteiger partial charge is 0.504 e. The third-order valence-corrected chi connectivity index (χ3v) is 5.87. The van der Waals surface area contributed by atoms with Gasteiger partial charge in [0.05, 0.1) is 31.0 Å². The summed E-state index contributed by atoms with van der Waals surface area (Å²) in [5.74, 6) is 0.621. The van der Waals surface area contributed by atoms with Crippen molar-refractivity contribution in [2.24, 2.45) is 5.10 Å². The van der Waals surface area contributed by atoms with E-state index in [-0.39, 0.29) is 27.8 Å². The molecule has 172 valence electrons. The molecule has 3 aromatic carbocycles. The first-order valence-corrected chi connectivity index (χ1v) is 10.8. The fraction of sp³-hybridized carbons (Fsp3) is 0.0952. The van der Waals surface area contributed by atoms with E-state index in [1.165, 1.54) is 38.6 Å². The number of phenols is 1. The summed E-state index contributed by atoms with van der Waals surface area (Å²) in [5, 5.41) is 25.3. The van der Waals surface area contributed by atoms with E-state index in [0.29, 0.717) is 11.3 Å². The molecule has 12 heteroatoms. The van der Waals surface area contributed by atoms with Crippen LogP contribution in [0.25, 0.3) is 0 Å². The summed E-state index contributed by atoms with van der Waals surface area (Å²) in [6.45, 7) is 0. The lowest BCUT2D eigenvalue weighted by Gasteiger charge is -2.12. The molecule has 0 saturated carbocycles. The number of rotatable bonds is 9. The average molecular weight is 472 g/mol. The molecular weight excluding hydrogens is 452 g/mol. The number of sulfonamides is 1. The topological polar surface area (TPSA) is 152 Å². The molecule has 0 unspecified atom stereocenters. The fourth-order valence-electron chi connectivity index (χ4n) is 2.79. The predicted octanol–water partition coefficient (Wildman–Crippen LogP) is 3.56. The molecule has 0 aliphatic heterocycles. The molecular formula is C21H20N4O7S. The quantitative estimate of drug-likeness (QED) is 0.243. The first kappa shape index (κ1) is 23.3. The standard InChI is InChI=1S/C21H20N4O7S/c1-31-17-9-6-15(7-10-17)24-33(29,30)20-12-16(25(27)28)8-11-18(20)23-22-13-14-4-3-5-19(32-2)21(14)26/h3-13,23-24,26H,1-2H3. The van der Waals surface area contributed by atoms with E-state index in [2.05, 4.69) is 15.2 Å². The van der Waals surface area contributed by atoms with Crippen LogP contribution in [0.4, 0.5) is 17.1 Å². The average Bonchev–Trinajstić information content (AvgIpc) is 2.80. The number of hydrazone groups is 1. The van der Waals surface area contributed by atoms with E-state index in [0.717, 1.165) is 12.1 Å². The Hall–Kier alpha value is -4.32. The summed E-state index contributed by atoms with van der Waals surface area (Å²) in [7, 11) is -1.36. The minimum absolute atomic E-state index is 0.0137. The molecule has 3 rings (SSSR count). The zero-order chi connectivity index (χ0) is 24.0. The molecule has 0 fully saturated rings. The molecule has 0 aliphatic carbocycles. The van der Waals surface area contributed by atoms with Gasteiger partial charge in [-0.25, -0.2) is 8.42 Å². The molecule has 0 heterocycles. The summed E-state index contributed by atoms with van der Waals surface area (Å²) < 4.78 is 38.5. The van der Waals surface area contributed by atoms with Crippen LogP contribution in [0.5, 0.6) is 17.2 Å². The number of phenolic OH excluding ortho intramolecular Hbond substituents is 1. The van der Waals surface area contributed by atoms with Gasteiger partial charge < -0.3 is 14.6 Å². The molecule has 3 N–H and O–H groups in total. The number of ether oxygens (including phenoxy) is 2. The van der Waals surface area contributed by atoms with Gasteiger partial charge in [-0.3, -0.25) is 20.3 Å². The molecule has 0 spiro atoms. The van der Waals surface area contributed by atoms with Crippen LogP contribution in [0.3, 0.4) is 0 Å². The van der Waals surface area contributed by atoms with Crippen molar-refractivity contribution >= 4 is 33.3 Å². The SMILES string of the molecule is COc1ccc(NS(=O)(=O)c2cc([N+](=O)[O-])ccc2NN=Cc2cccc(OC)c2O)cc1. The Morgan fingerprint density at radius 3 is 2.42 bits per heavy atom. The lowest BCUT2D eigenvalue weighted by molar-refractivity contribution is -0.385. The van der Waals surface area contributed by atoms with Crippen molar-refractivity contribution < 1.29 is 27.9 Å². The number of benzene rings is 3. The molecule has 0 amide bonds. The number of nitrogens with zero attached hydrogens (tertiary/aromatic N) is 2. The van der Waals surface area contributed by atoms with Gasteiger partial charge in [0.15, 0.2) is 11.5 Å². The Morgan fingerprint density at radius 2 is 1.79 bits per heavy atom. The Kier molecular flexibility index (Phi) is 6.98. The minimum atomic E-state index is -4.23. The Balaban J connectivity index is 1.93. The van der Waals surface area contributed by atoms with Crippen LogP contribution in [0, 0.1) is 10.1 Å². The normalized spacial score (nSPS) is 11.2. The maximum absolute atomic E-state index is 13.0. The van der Waals surface area contributed by atoms with E-state index in [1.54, 1.807) is 30.3 Å². The number of nitro groups is 1. The van der Waals surface area contributed by atoms with Crippen LogP contribution in [0.2, 0.25) is 0 Å². The van der Waals surface area contributed by atoms with Gasteiger partial charge >= 0.3 is 0 Å². The number of hydrogen-bond donors (Lipinski definition) is 3. The fourth-order valence-corrected chi connectivity index (χ4v) is 4.02. The number of non-ortho nitro benzene ring substituents is 1. The second-order valence-corrected chi connectivity index (χ2v) is 8.19.